The number of aromatic nitrogens is 2. The van der Waals surface area contributed by atoms with Gasteiger partial charge in [0.1, 0.15) is 5.69 Å². The molecule has 2 amide bonds. The Morgan fingerprint density at radius 1 is 1.10 bits per heavy atom. The van der Waals surface area contributed by atoms with E-state index in [0.29, 0.717) is 29.7 Å². The van der Waals surface area contributed by atoms with Crippen LogP contribution >= 0.6 is 11.6 Å². The molecular weight excluding hydrogens is 414 g/mol. The van der Waals surface area contributed by atoms with Gasteiger partial charge in [-0.3, -0.25) is 14.3 Å². The molecule has 1 saturated heterocycles. The van der Waals surface area contributed by atoms with E-state index < -0.39 is 0 Å². The van der Waals surface area contributed by atoms with E-state index in [1.807, 2.05) is 35.0 Å². The summed E-state index contributed by atoms with van der Waals surface area (Å²) < 4.78 is 1.96. The Labute approximate surface area is 188 Å². The third kappa shape index (κ3) is 5.03. The summed E-state index contributed by atoms with van der Waals surface area (Å²) in [5, 5.41) is 8.02. The van der Waals surface area contributed by atoms with Gasteiger partial charge >= 0.3 is 0 Å². The van der Waals surface area contributed by atoms with Crippen LogP contribution in [0.2, 0.25) is 5.02 Å². The number of carbonyl (C=O) groups excluding carboxylic acids is 2. The van der Waals surface area contributed by atoms with E-state index >= 15 is 0 Å². The van der Waals surface area contributed by atoms with Crippen LogP contribution in [-0.2, 0) is 10.3 Å². The lowest BCUT2D eigenvalue weighted by Crippen LogP contribution is -2.51. The minimum Gasteiger partial charge on any atom is -0.368 e. The number of nitrogens with zero attached hydrogens (tertiary/aromatic N) is 4. The van der Waals surface area contributed by atoms with Gasteiger partial charge in [-0.1, -0.05) is 11.6 Å². The van der Waals surface area contributed by atoms with E-state index in [2.05, 4.69) is 36.1 Å². The lowest BCUT2D eigenvalue weighted by molar-refractivity contribution is -0.130. The molecule has 31 heavy (non-hydrogen) atoms. The average molecular weight is 444 g/mol. The van der Waals surface area contributed by atoms with E-state index in [-0.39, 0.29) is 23.9 Å². The van der Waals surface area contributed by atoms with Crippen LogP contribution in [0.5, 0.6) is 0 Å². The highest BCUT2D eigenvalue weighted by Crippen LogP contribution is 2.41. The van der Waals surface area contributed by atoms with E-state index in [0.717, 1.165) is 37.3 Å². The van der Waals surface area contributed by atoms with Gasteiger partial charge in [0.2, 0.25) is 5.91 Å². The van der Waals surface area contributed by atoms with Crippen LogP contribution in [0.3, 0.4) is 0 Å². The number of halogens is 1. The largest absolute Gasteiger partial charge is 0.368 e. The van der Waals surface area contributed by atoms with E-state index in [1.165, 1.54) is 0 Å². The molecule has 1 aliphatic heterocycles. The molecule has 0 atom stereocenters. The Morgan fingerprint density at radius 3 is 2.32 bits per heavy atom. The predicted molar refractivity (Wildman–Crippen MR) is 122 cm³/mol. The number of hydrogen-bond donors (Lipinski definition) is 1. The normalized spacial score (nSPS) is 17.0. The van der Waals surface area contributed by atoms with Gasteiger partial charge in [0.25, 0.3) is 5.91 Å². The molecule has 0 spiro atoms. The quantitative estimate of drug-likeness (QED) is 0.770. The van der Waals surface area contributed by atoms with Crippen molar-refractivity contribution in [3.05, 3.63) is 46.7 Å². The lowest BCUT2D eigenvalue weighted by atomic mass is 10.1. The maximum Gasteiger partial charge on any atom is 0.272 e. The molecule has 2 aliphatic rings. The summed E-state index contributed by atoms with van der Waals surface area (Å²) in [4.78, 5) is 29.3. The van der Waals surface area contributed by atoms with Crippen molar-refractivity contribution in [1.29, 1.82) is 0 Å². The first kappa shape index (κ1) is 21.7. The third-order valence-corrected chi connectivity index (χ3v) is 6.08. The number of hydrogen-bond acceptors (Lipinski definition) is 4. The van der Waals surface area contributed by atoms with Gasteiger partial charge in [0.05, 0.1) is 12.1 Å². The maximum atomic E-state index is 12.7. The average Bonchev–Trinajstić information content (AvgIpc) is 3.49. The molecule has 1 aromatic carbocycles. The standard InChI is InChI=1S/C23H30ClN5O2/c1-23(2,3)29-20(16-4-5-16)14-19(26-29)22(31)25-15-21(30)28-12-10-27(11-13-28)18-8-6-17(24)7-9-18/h6-9,14,16H,4-5,10-13,15H2,1-3H3,(H,25,31). The molecule has 2 fully saturated rings. The Kier molecular flexibility index (Phi) is 5.97. The fraction of sp³-hybridized carbons (Fsp3) is 0.522. The van der Waals surface area contributed by atoms with Gasteiger partial charge in [-0.15, -0.1) is 0 Å². The monoisotopic (exact) mass is 443 g/mol. The molecule has 1 saturated carbocycles. The smallest absolute Gasteiger partial charge is 0.272 e. The number of nitrogens with one attached hydrogen (secondary N) is 1. The SMILES string of the molecule is CC(C)(C)n1nc(C(=O)NCC(=O)N2CCN(c3ccc(Cl)cc3)CC2)cc1C1CC1. The first-order valence-corrected chi connectivity index (χ1v) is 11.3. The zero-order valence-corrected chi connectivity index (χ0v) is 19.2. The number of anilines is 1. The molecule has 0 radical (unpaired) electrons. The minimum absolute atomic E-state index is 0.0130. The van der Waals surface area contributed by atoms with Crippen molar-refractivity contribution in [1.82, 2.24) is 20.0 Å². The topological polar surface area (TPSA) is 70.5 Å². The zero-order chi connectivity index (χ0) is 22.2. The van der Waals surface area contributed by atoms with Gasteiger partial charge in [-0.25, -0.2) is 0 Å². The molecule has 2 aromatic rings. The van der Waals surface area contributed by atoms with E-state index in [9.17, 15) is 9.59 Å². The lowest BCUT2D eigenvalue weighted by Gasteiger charge is -2.36. The summed E-state index contributed by atoms with van der Waals surface area (Å²) in [5.74, 6) is 0.131. The molecule has 1 aliphatic carbocycles. The second-order valence-electron chi connectivity index (χ2n) is 9.34. The number of benzene rings is 1. The number of rotatable bonds is 5. The predicted octanol–water partition coefficient (Wildman–Crippen LogP) is 3.25. The van der Waals surface area contributed by atoms with Crippen molar-refractivity contribution >= 4 is 29.1 Å². The highest BCUT2D eigenvalue weighted by molar-refractivity contribution is 6.30. The molecule has 1 N–H and O–H groups in total. The highest BCUT2D eigenvalue weighted by atomic mass is 35.5. The summed E-state index contributed by atoms with van der Waals surface area (Å²) >= 11 is 5.96. The first-order chi connectivity index (χ1) is 14.7. The van der Waals surface area contributed by atoms with Crippen LogP contribution in [0.25, 0.3) is 0 Å². The first-order valence-electron chi connectivity index (χ1n) is 10.9. The Balaban J connectivity index is 1.30. The molecule has 166 valence electrons. The van der Waals surface area contributed by atoms with Crippen molar-refractivity contribution in [2.45, 2.75) is 45.1 Å². The van der Waals surface area contributed by atoms with Crippen LogP contribution in [0.15, 0.2) is 30.3 Å². The Morgan fingerprint density at radius 2 is 1.74 bits per heavy atom. The van der Waals surface area contributed by atoms with Crippen molar-refractivity contribution in [3.63, 3.8) is 0 Å². The van der Waals surface area contributed by atoms with Crippen LogP contribution in [-0.4, -0.2) is 59.2 Å². The molecule has 7 nitrogen and oxygen atoms in total. The van der Waals surface area contributed by atoms with Crippen molar-refractivity contribution in [2.24, 2.45) is 0 Å². The van der Waals surface area contributed by atoms with Gasteiger partial charge in [-0.2, -0.15) is 5.10 Å². The Hall–Kier alpha value is -2.54. The van der Waals surface area contributed by atoms with Gasteiger partial charge in [0.15, 0.2) is 0 Å². The molecule has 1 aromatic heterocycles. The number of carbonyl (C=O) groups is 2. The van der Waals surface area contributed by atoms with Gasteiger partial charge in [0, 0.05) is 48.5 Å². The van der Waals surface area contributed by atoms with Crippen molar-refractivity contribution in [3.8, 4) is 0 Å². The molecule has 2 heterocycles. The van der Waals surface area contributed by atoms with Crippen molar-refractivity contribution in [2.75, 3.05) is 37.6 Å². The summed E-state index contributed by atoms with van der Waals surface area (Å²) in [6, 6.07) is 9.62. The van der Waals surface area contributed by atoms with E-state index in [4.69, 9.17) is 11.6 Å². The highest BCUT2D eigenvalue weighted by Gasteiger charge is 2.32. The van der Waals surface area contributed by atoms with Crippen LogP contribution in [0, 0.1) is 0 Å². The van der Waals surface area contributed by atoms with Crippen LogP contribution < -0.4 is 10.2 Å². The maximum absolute atomic E-state index is 12.7. The third-order valence-electron chi connectivity index (χ3n) is 5.82. The fourth-order valence-corrected chi connectivity index (χ4v) is 4.06. The summed E-state index contributed by atoms with van der Waals surface area (Å²) in [5.41, 5.74) is 2.42. The molecule has 4 rings (SSSR count). The summed E-state index contributed by atoms with van der Waals surface area (Å²) in [6.45, 7) is 9.00. The van der Waals surface area contributed by atoms with Gasteiger partial charge in [-0.05, 0) is 63.9 Å². The minimum atomic E-state index is -0.293. The summed E-state index contributed by atoms with van der Waals surface area (Å²) in [7, 11) is 0. The second-order valence-corrected chi connectivity index (χ2v) is 9.77. The van der Waals surface area contributed by atoms with E-state index in [1.54, 1.807) is 4.90 Å². The second kappa shape index (κ2) is 8.54. The number of amides is 2. The Bertz CT molecular complexity index is 951. The molecular formula is C23H30ClN5O2. The fourth-order valence-electron chi connectivity index (χ4n) is 3.94. The molecule has 0 bridgehead atoms. The zero-order valence-electron chi connectivity index (χ0n) is 18.4. The van der Waals surface area contributed by atoms with Crippen LogP contribution in [0.4, 0.5) is 5.69 Å². The summed E-state index contributed by atoms with van der Waals surface area (Å²) in [6.07, 6.45) is 2.28. The van der Waals surface area contributed by atoms with Gasteiger partial charge < -0.3 is 15.1 Å². The van der Waals surface area contributed by atoms with Crippen LogP contribution in [0.1, 0.15) is 55.7 Å². The number of piperazine rings is 1. The molecule has 8 heteroatoms. The molecule has 0 unspecified atom stereocenters. The van der Waals surface area contributed by atoms with Crippen molar-refractivity contribution < 1.29 is 9.59 Å².